The molecule has 1 N–H and O–H groups in total. The molecule has 0 fully saturated rings. The Morgan fingerprint density at radius 1 is 1.44 bits per heavy atom. The molecule has 0 aromatic carbocycles. The number of anilines is 1. The quantitative estimate of drug-likeness (QED) is 0.832. The van der Waals surface area contributed by atoms with E-state index in [1.54, 1.807) is 16.9 Å². The minimum Gasteiger partial charge on any atom is -0.367 e. The van der Waals surface area contributed by atoms with Crippen LogP contribution in [0.2, 0.25) is 0 Å². The average molecular weight is 239 g/mol. The molecule has 2 aromatic rings. The number of halogens is 1. The molecule has 0 saturated heterocycles. The van der Waals surface area contributed by atoms with E-state index in [2.05, 4.69) is 29.2 Å². The Morgan fingerprint density at radius 3 is 3.00 bits per heavy atom. The minimum absolute atomic E-state index is 0.102. The van der Waals surface area contributed by atoms with Gasteiger partial charge in [-0.15, -0.1) is 11.6 Å². The number of aromatic nitrogens is 3. The molecule has 0 aliphatic rings. The van der Waals surface area contributed by atoms with Crippen LogP contribution in [0.5, 0.6) is 0 Å². The molecule has 2 rings (SSSR count). The van der Waals surface area contributed by atoms with Gasteiger partial charge in [0, 0.05) is 18.9 Å². The zero-order chi connectivity index (χ0) is 11.5. The highest BCUT2D eigenvalue weighted by Crippen LogP contribution is 2.15. The van der Waals surface area contributed by atoms with Gasteiger partial charge in [-0.2, -0.15) is 5.10 Å². The van der Waals surface area contributed by atoms with E-state index in [-0.39, 0.29) is 5.38 Å². The third-order valence-electron chi connectivity index (χ3n) is 2.51. The summed E-state index contributed by atoms with van der Waals surface area (Å²) in [6, 6.07) is 1.92. The van der Waals surface area contributed by atoms with E-state index in [9.17, 15) is 0 Å². The van der Waals surface area contributed by atoms with Crippen LogP contribution in [0.4, 0.5) is 5.82 Å². The normalized spacial score (nSPS) is 13.2. The smallest absolute Gasteiger partial charge is 0.152 e. The van der Waals surface area contributed by atoms with Crippen molar-refractivity contribution in [1.82, 2.24) is 14.6 Å². The lowest BCUT2D eigenvalue weighted by Crippen LogP contribution is -2.20. The largest absolute Gasteiger partial charge is 0.367 e. The molecule has 0 amide bonds. The van der Waals surface area contributed by atoms with Crippen LogP contribution in [0.15, 0.2) is 24.7 Å². The monoisotopic (exact) mass is 238 g/mol. The lowest BCUT2D eigenvalue weighted by Gasteiger charge is -2.14. The highest BCUT2D eigenvalue weighted by atomic mass is 35.5. The van der Waals surface area contributed by atoms with Gasteiger partial charge >= 0.3 is 0 Å². The van der Waals surface area contributed by atoms with Crippen molar-refractivity contribution in [3.05, 3.63) is 24.7 Å². The van der Waals surface area contributed by atoms with E-state index in [1.165, 1.54) is 0 Å². The van der Waals surface area contributed by atoms with Gasteiger partial charge in [-0.25, -0.2) is 9.50 Å². The van der Waals surface area contributed by atoms with E-state index in [0.717, 1.165) is 11.3 Å². The van der Waals surface area contributed by atoms with E-state index in [4.69, 9.17) is 11.6 Å². The van der Waals surface area contributed by atoms with E-state index in [0.29, 0.717) is 12.5 Å². The van der Waals surface area contributed by atoms with Crippen molar-refractivity contribution in [3.8, 4) is 0 Å². The van der Waals surface area contributed by atoms with Gasteiger partial charge in [0.15, 0.2) is 5.82 Å². The van der Waals surface area contributed by atoms with E-state index < -0.39 is 0 Å². The van der Waals surface area contributed by atoms with Crippen molar-refractivity contribution in [2.24, 2.45) is 5.92 Å². The zero-order valence-electron chi connectivity index (χ0n) is 9.39. The molecule has 86 valence electrons. The summed E-state index contributed by atoms with van der Waals surface area (Å²) >= 11 is 6.18. The molecule has 1 atom stereocenters. The van der Waals surface area contributed by atoms with Gasteiger partial charge < -0.3 is 5.32 Å². The molecular weight excluding hydrogens is 224 g/mol. The van der Waals surface area contributed by atoms with Gasteiger partial charge in [-0.1, -0.05) is 13.8 Å². The molecule has 0 aliphatic heterocycles. The summed E-state index contributed by atoms with van der Waals surface area (Å²) in [6.07, 6.45) is 5.30. The van der Waals surface area contributed by atoms with Gasteiger partial charge in [0.05, 0.1) is 11.6 Å². The third kappa shape index (κ3) is 2.27. The molecule has 4 nitrogen and oxygen atoms in total. The van der Waals surface area contributed by atoms with Crippen LogP contribution in [0.25, 0.3) is 5.52 Å². The topological polar surface area (TPSA) is 42.2 Å². The Balaban J connectivity index is 2.12. The number of rotatable bonds is 4. The summed E-state index contributed by atoms with van der Waals surface area (Å²) in [4.78, 5) is 4.28. The highest BCUT2D eigenvalue weighted by Gasteiger charge is 2.10. The Morgan fingerprint density at radius 2 is 2.25 bits per heavy atom. The lowest BCUT2D eigenvalue weighted by atomic mass is 10.1. The third-order valence-corrected chi connectivity index (χ3v) is 3.17. The van der Waals surface area contributed by atoms with E-state index >= 15 is 0 Å². The Bertz CT molecular complexity index is 466. The first-order valence-corrected chi connectivity index (χ1v) is 5.78. The zero-order valence-corrected chi connectivity index (χ0v) is 10.1. The second-order valence-corrected chi connectivity index (χ2v) is 4.64. The molecule has 16 heavy (non-hydrogen) atoms. The summed E-state index contributed by atoms with van der Waals surface area (Å²) in [5.74, 6) is 1.27. The molecule has 0 saturated carbocycles. The summed E-state index contributed by atoms with van der Waals surface area (Å²) < 4.78 is 1.79. The molecular formula is C11H15ClN4. The van der Waals surface area contributed by atoms with Crippen LogP contribution < -0.4 is 5.32 Å². The van der Waals surface area contributed by atoms with Crippen LogP contribution in [0.1, 0.15) is 13.8 Å². The fourth-order valence-corrected chi connectivity index (χ4v) is 1.50. The van der Waals surface area contributed by atoms with Crippen molar-refractivity contribution in [1.29, 1.82) is 0 Å². The predicted octanol–water partition coefficient (Wildman–Crippen LogP) is 2.40. The average Bonchev–Trinajstić information content (AvgIpc) is 2.73. The fraction of sp³-hybridized carbons (Fsp3) is 0.455. The summed E-state index contributed by atoms with van der Waals surface area (Å²) in [7, 11) is 0. The van der Waals surface area contributed by atoms with Gasteiger partial charge in [0.2, 0.25) is 0 Å². The summed E-state index contributed by atoms with van der Waals surface area (Å²) in [5.41, 5.74) is 0.968. The standard InChI is InChI=1S/C11H15ClN4/c1-8(2)9(12)7-14-11-10-3-4-15-16(10)6-5-13-11/h3-6,8-9H,7H2,1-2H3,(H,13,14). The maximum atomic E-state index is 6.18. The number of hydrogen-bond acceptors (Lipinski definition) is 3. The van der Waals surface area contributed by atoms with Crippen molar-refractivity contribution in [3.63, 3.8) is 0 Å². The van der Waals surface area contributed by atoms with Crippen LogP contribution in [0.3, 0.4) is 0 Å². The molecule has 0 spiro atoms. The maximum absolute atomic E-state index is 6.18. The molecule has 1 unspecified atom stereocenters. The van der Waals surface area contributed by atoms with Gasteiger partial charge in [-0.3, -0.25) is 0 Å². The number of fused-ring (bicyclic) bond motifs is 1. The first-order valence-electron chi connectivity index (χ1n) is 5.35. The van der Waals surface area contributed by atoms with Crippen molar-refractivity contribution in [2.75, 3.05) is 11.9 Å². The number of nitrogens with zero attached hydrogens (tertiary/aromatic N) is 3. The predicted molar refractivity (Wildman–Crippen MR) is 66.0 cm³/mol. The molecule has 0 radical (unpaired) electrons. The molecule has 0 bridgehead atoms. The van der Waals surface area contributed by atoms with Gasteiger partial charge in [-0.05, 0) is 12.0 Å². The van der Waals surface area contributed by atoms with Crippen molar-refractivity contribution in [2.45, 2.75) is 19.2 Å². The SMILES string of the molecule is CC(C)C(Cl)CNc1nccn2nccc12. The van der Waals surface area contributed by atoms with Gasteiger partial charge in [0.1, 0.15) is 5.52 Å². The Kier molecular flexibility index (Phi) is 3.29. The summed E-state index contributed by atoms with van der Waals surface area (Å²) in [6.45, 7) is 4.91. The van der Waals surface area contributed by atoms with Gasteiger partial charge in [0.25, 0.3) is 0 Å². The van der Waals surface area contributed by atoms with Crippen LogP contribution in [-0.4, -0.2) is 26.5 Å². The van der Waals surface area contributed by atoms with Crippen molar-refractivity contribution >= 4 is 22.9 Å². The van der Waals surface area contributed by atoms with Crippen LogP contribution in [0, 0.1) is 5.92 Å². The fourth-order valence-electron chi connectivity index (χ4n) is 1.42. The molecule has 2 heterocycles. The maximum Gasteiger partial charge on any atom is 0.152 e. The molecule has 5 heteroatoms. The van der Waals surface area contributed by atoms with E-state index in [1.807, 2.05) is 12.3 Å². The number of alkyl halides is 1. The van der Waals surface area contributed by atoms with Crippen molar-refractivity contribution < 1.29 is 0 Å². The second-order valence-electron chi connectivity index (χ2n) is 4.08. The lowest BCUT2D eigenvalue weighted by molar-refractivity contribution is 0.615. The highest BCUT2D eigenvalue weighted by molar-refractivity contribution is 6.21. The first-order chi connectivity index (χ1) is 7.68. The molecule has 0 aliphatic carbocycles. The number of hydrogen-bond donors (Lipinski definition) is 1. The molecule has 2 aromatic heterocycles. The second kappa shape index (κ2) is 4.70. The minimum atomic E-state index is 0.102. The summed E-state index contributed by atoms with van der Waals surface area (Å²) in [5, 5.41) is 7.50. The van der Waals surface area contributed by atoms with Crippen LogP contribution in [-0.2, 0) is 0 Å². The Hall–Kier alpha value is -1.29. The first kappa shape index (κ1) is 11.2. The Labute approximate surface area is 99.6 Å². The number of nitrogens with one attached hydrogen (secondary N) is 1. The van der Waals surface area contributed by atoms with Crippen LogP contribution >= 0.6 is 11.6 Å².